The van der Waals surface area contributed by atoms with Gasteiger partial charge in [-0.1, -0.05) is 0 Å². The molecule has 1 aliphatic heterocycles. The van der Waals surface area contributed by atoms with Crippen LogP contribution < -0.4 is 4.90 Å². The largest absolute Gasteiger partial charge is 0.368 e. The first-order valence-electron chi connectivity index (χ1n) is 10.3. The second-order valence-corrected chi connectivity index (χ2v) is 7.86. The van der Waals surface area contributed by atoms with E-state index in [9.17, 15) is 0 Å². The first-order valence-corrected chi connectivity index (χ1v) is 10.3. The Kier molecular flexibility index (Phi) is 4.13. The van der Waals surface area contributed by atoms with Crippen LogP contribution in [0, 0.1) is 0 Å². The molecule has 9 nitrogen and oxygen atoms in total. The third kappa shape index (κ3) is 3.10. The van der Waals surface area contributed by atoms with Gasteiger partial charge in [-0.2, -0.15) is 5.10 Å². The van der Waals surface area contributed by atoms with Crippen LogP contribution in [0.4, 0.5) is 5.69 Å². The average Bonchev–Trinajstić information content (AvgIpc) is 3.43. The van der Waals surface area contributed by atoms with Crippen molar-refractivity contribution in [2.24, 2.45) is 0 Å². The number of H-pyrrole nitrogens is 2. The van der Waals surface area contributed by atoms with Gasteiger partial charge >= 0.3 is 0 Å². The Morgan fingerprint density at radius 2 is 1.84 bits per heavy atom. The molecule has 6 rings (SSSR count). The van der Waals surface area contributed by atoms with Gasteiger partial charge in [0.1, 0.15) is 23.2 Å². The maximum absolute atomic E-state index is 4.84. The number of anilines is 1. The summed E-state index contributed by atoms with van der Waals surface area (Å²) in [6.07, 6.45) is 6.90. The summed E-state index contributed by atoms with van der Waals surface area (Å²) in [5, 5.41) is 8.74. The molecule has 154 valence electrons. The molecular weight excluding hydrogens is 390 g/mol. The maximum Gasteiger partial charge on any atom is 0.139 e. The van der Waals surface area contributed by atoms with E-state index in [2.05, 4.69) is 59.1 Å². The van der Waals surface area contributed by atoms with Crippen molar-refractivity contribution >= 4 is 27.8 Å². The summed E-state index contributed by atoms with van der Waals surface area (Å²) in [7, 11) is 2.17. The van der Waals surface area contributed by atoms with Gasteiger partial charge in [0.15, 0.2) is 0 Å². The highest BCUT2D eigenvalue weighted by Crippen LogP contribution is 2.33. The van der Waals surface area contributed by atoms with Crippen molar-refractivity contribution in [1.29, 1.82) is 0 Å². The number of nitrogens with one attached hydrogen (secondary N) is 2. The first kappa shape index (κ1) is 18.0. The molecule has 2 N–H and O–H groups in total. The first-order chi connectivity index (χ1) is 15.3. The van der Waals surface area contributed by atoms with E-state index in [1.54, 1.807) is 12.4 Å². The minimum Gasteiger partial charge on any atom is -0.368 e. The average molecular weight is 411 g/mol. The number of nitrogens with zero attached hydrogens (tertiary/aromatic N) is 7. The van der Waals surface area contributed by atoms with E-state index in [0.29, 0.717) is 0 Å². The lowest BCUT2D eigenvalue weighted by atomic mass is 10.1. The van der Waals surface area contributed by atoms with Crippen LogP contribution in [0.5, 0.6) is 0 Å². The SMILES string of the molecule is CN1CCN(c2ccnc3[nH]c(-c4n[nH]c5ccc(-c6cncnc6)nc45)cc23)CC1. The van der Waals surface area contributed by atoms with Crippen LogP contribution in [0.2, 0.25) is 0 Å². The van der Waals surface area contributed by atoms with Gasteiger partial charge in [-0.15, -0.1) is 0 Å². The molecule has 0 saturated carbocycles. The molecule has 9 heteroatoms. The molecule has 0 radical (unpaired) electrons. The Balaban J connectivity index is 1.44. The third-order valence-electron chi connectivity index (χ3n) is 5.87. The molecule has 0 spiro atoms. The number of aromatic nitrogens is 7. The standard InChI is InChI=1S/C22H21N9/c1-30-6-8-31(9-7-30)19-4-5-25-22-15(19)10-18(27-22)21-20-17(28-29-21)3-2-16(26-20)14-11-23-13-24-12-14/h2-5,10-13H,6-9H2,1H3,(H,25,27)(H,28,29). The van der Waals surface area contributed by atoms with Crippen LogP contribution in [0.3, 0.4) is 0 Å². The van der Waals surface area contributed by atoms with E-state index < -0.39 is 0 Å². The summed E-state index contributed by atoms with van der Waals surface area (Å²) in [5.41, 5.74) is 7.08. The van der Waals surface area contributed by atoms with Crippen molar-refractivity contribution in [3.8, 4) is 22.6 Å². The molecule has 31 heavy (non-hydrogen) atoms. The van der Waals surface area contributed by atoms with Gasteiger partial charge in [-0.25, -0.2) is 19.9 Å². The monoisotopic (exact) mass is 411 g/mol. The Labute approximate surface area is 178 Å². The summed E-state index contributed by atoms with van der Waals surface area (Å²) in [5.74, 6) is 0. The number of hydrogen-bond donors (Lipinski definition) is 2. The topological polar surface area (TPSA) is 103 Å². The molecule has 1 fully saturated rings. The van der Waals surface area contributed by atoms with Gasteiger partial charge in [0.2, 0.25) is 0 Å². The number of aromatic amines is 2. The van der Waals surface area contributed by atoms with E-state index in [0.717, 1.165) is 70.9 Å². The van der Waals surface area contributed by atoms with Gasteiger partial charge in [0.25, 0.3) is 0 Å². The minimum atomic E-state index is 0.774. The smallest absolute Gasteiger partial charge is 0.139 e. The molecule has 1 aliphatic rings. The molecule has 0 aliphatic carbocycles. The molecule has 0 amide bonds. The second-order valence-electron chi connectivity index (χ2n) is 7.86. The molecule has 0 bridgehead atoms. The Bertz CT molecular complexity index is 1360. The van der Waals surface area contributed by atoms with E-state index in [-0.39, 0.29) is 0 Å². The minimum absolute atomic E-state index is 0.774. The van der Waals surface area contributed by atoms with Crippen molar-refractivity contribution in [3.05, 3.63) is 49.2 Å². The van der Waals surface area contributed by atoms with Crippen molar-refractivity contribution in [1.82, 2.24) is 40.0 Å². The van der Waals surface area contributed by atoms with E-state index in [4.69, 9.17) is 4.98 Å². The van der Waals surface area contributed by atoms with Crippen LogP contribution in [0.25, 0.3) is 44.7 Å². The maximum atomic E-state index is 4.84. The van der Waals surface area contributed by atoms with Gasteiger partial charge in [0.05, 0.1) is 16.9 Å². The van der Waals surface area contributed by atoms with E-state index >= 15 is 0 Å². The van der Waals surface area contributed by atoms with Gasteiger partial charge in [-0.3, -0.25) is 5.10 Å². The molecule has 5 aromatic heterocycles. The normalized spacial score (nSPS) is 15.2. The van der Waals surface area contributed by atoms with Crippen LogP contribution in [-0.4, -0.2) is 73.2 Å². The zero-order valence-electron chi connectivity index (χ0n) is 17.1. The quantitative estimate of drug-likeness (QED) is 0.471. The third-order valence-corrected chi connectivity index (χ3v) is 5.87. The fourth-order valence-corrected chi connectivity index (χ4v) is 4.14. The number of pyridine rings is 2. The summed E-state index contributed by atoms with van der Waals surface area (Å²) >= 11 is 0. The van der Waals surface area contributed by atoms with E-state index in [1.807, 2.05) is 18.3 Å². The summed E-state index contributed by atoms with van der Waals surface area (Å²) in [4.78, 5) is 25.8. The van der Waals surface area contributed by atoms with Crippen LogP contribution >= 0.6 is 0 Å². The lowest BCUT2D eigenvalue weighted by molar-refractivity contribution is 0.313. The zero-order chi connectivity index (χ0) is 20.8. The van der Waals surface area contributed by atoms with Gasteiger partial charge < -0.3 is 14.8 Å². The molecule has 1 saturated heterocycles. The van der Waals surface area contributed by atoms with Crippen molar-refractivity contribution < 1.29 is 0 Å². The lowest BCUT2D eigenvalue weighted by Crippen LogP contribution is -2.44. The highest BCUT2D eigenvalue weighted by molar-refractivity contribution is 5.97. The summed E-state index contributed by atoms with van der Waals surface area (Å²) in [6.45, 7) is 4.12. The van der Waals surface area contributed by atoms with Crippen molar-refractivity contribution in [2.45, 2.75) is 0 Å². The molecule has 5 aromatic rings. The van der Waals surface area contributed by atoms with Crippen molar-refractivity contribution in [3.63, 3.8) is 0 Å². The fraction of sp³-hybridized carbons (Fsp3) is 0.227. The zero-order valence-corrected chi connectivity index (χ0v) is 17.1. The predicted octanol–water partition coefficient (Wildman–Crippen LogP) is 2.71. The Morgan fingerprint density at radius 1 is 1.00 bits per heavy atom. The van der Waals surface area contributed by atoms with E-state index in [1.165, 1.54) is 12.0 Å². The number of piperazine rings is 1. The number of rotatable bonds is 3. The highest BCUT2D eigenvalue weighted by Gasteiger charge is 2.19. The molecule has 0 aromatic carbocycles. The number of hydrogen-bond acceptors (Lipinski definition) is 7. The molecular formula is C22H21N9. The van der Waals surface area contributed by atoms with Gasteiger partial charge in [-0.05, 0) is 31.3 Å². The summed E-state index contributed by atoms with van der Waals surface area (Å²) < 4.78 is 0. The molecule has 0 unspecified atom stereocenters. The summed E-state index contributed by atoms with van der Waals surface area (Å²) in [6, 6.07) is 8.16. The predicted molar refractivity (Wildman–Crippen MR) is 120 cm³/mol. The van der Waals surface area contributed by atoms with Gasteiger partial charge in [0, 0.05) is 61.4 Å². The highest BCUT2D eigenvalue weighted by atomic mass is 15.2. The number of likely N-dealkylation sites (N-methyl/N-ethyl adjacent to an activating group) is 1. The second kappa shape index (κ2) is 7.13. The van der Waals surface area contributed by atoms with Crippen LogP contribution in [0.15, 0.2) is 49.2 Å². The Hall–Kier alpha value is -3.85. The number of fused-ring (bicyclic) bond motifs is 2. The van der Waals surface area contributed by atoms with Crippen LogP contribution in [-0.2, 0) is 0 Å². The Morgan fingerprint density at radius 3 is 2.68 bits per heavy atom. The lowest BCUT2D eigenvalue weighted by Gasteiger charge is -2.34. The van der Waals surface area contributed by atoms with Crippen molar-refractivity contribution in [2.75, 3.05) is 38.1 Å². The molecule has 0 atom stereocenters. The fourth-order valence-electron chi connectivity index (χ4n) is 4.14. The van der Waals surface area contributed by atoms with Crippen LogP contribution in [0.1, 0.15) is 0 Å². The molecule has 6 heterocycles.